The van der Waals surface area contributed by atoms with Gasteiger partial charge in [0, 0.05) is 18.9 Å². The molecular weight excluding hydrogens is 399 g/mol. The molecule has 0 amide bonds. The smallest absolute Gasteiger partial charge is 0.299 e. The number of allylic oxidation sites excluding steroid dienone is 2. The Morgan fingerprint density at radius 2 is 2.08 bits per heavy atom. The second-order valence-corrected chi connectivity index (χ2v) is 8.83. The number of nitriles is 1. The van der Waals surface area contributed by atoms with Crippen molar-refractivity contribution in [1.82, 2.24) is 10.4 Å². The van der Waals surface area contributed by atoms with Gasteiger partial charge in [0.25, 0.3) is 0 Å². The SMILES string of the molecule is CC1(C)CC(=O)C2C(C1)N(C1(C#N)C=CC=C(Br)C1)NC2C(F)(F)F. The van der Waals surface area contributed by atoms with Gasteiger partial charge in [-0.05, 0) is 22.4 Å². The predicted octanol–water partition coefficient (Wildman–Crippen LogP) is 3.61. The van der Waals surface area contributed by atoms with Gasteiger partial charge >= 0.3 is 6.18 Å². The molecule has 2 fully saturated rings. The van der Waals surface area contributed by atoms with Gasteiger partial charge in [-0.25, -0.2) is 10.4 Å². The highest BCUT2D eigenvalue weighted by molar-refractivity contribution is 9.11. The molecule has 8 heteroatoms. The molecule has 1 heterocycles. The summed E-state index contributed by atoms with van der Waals surface area (Å²) in [6.45, 7) is 3.76. The van der Waals surface area contributed by atoms with Gasteiger partial charge in [-0.2, -0.15) is 18.4 Å². The summed E-state index contributed by atoms with van der Waals surface area (Å²) in [6.07, 6.45) is 1.24. The number of rotatable bonds is 1. The molecule has 25 heavy (non-hydrogen) atoms. The Morgan fingerprint density at radius 3 is 2.64 bits per heavy atom. The van der Waals surface area contributed by atoms with Crippen molar-refractivity contribution >= 4 is 21.7 Å². The zero-order valence-electron chi connectivity index (χ0n) is 13.9. The van der Waals surface area contributed by atoms with E-state index in [9.17, 15) is 23.2 Å². The van der Waals surface area contributed by atoms with Gasteiger partial charge in [-0.15, -0.1) is 0 Å². The normalized spacial score (nSPS) is 38.2. The molecule has 3 aliphatic rings. The summed E-state index contributed by atoms with van der Waals surface area (Å²) in [7, 11) is 0. The summed E-state index contributed by atoms with van der Waals surface area (Å²) in [5.74, 6) is -1.57. The predicted molar refractivity (Wildman–Crippen MR) is 89.2 cm³/mol. The molecule has 2 aliphatic carbocycles. The highest BCUT2D eigenvalue weighted by atomic mass is 79.9. The number of nitrogens with one attached hydrogen (secondary N) is 1. The third-order valence-electron chi connectivity index (χ3n) is 5.23. The molecule has 0 radical (unpaired) electrons. The van der Waals surface area contributed by atoms with Crippen LogP contribution >= 0.6 is 15.9 Å². The van der Waals surface area contributed by atoms with Gasteiger partial charge in [-0.1, -0.05) is 41.9 Å². The van der Waals surface area contributed by atoms with Crippen LogP contribution in [0.5, 0.6) is 0 Å². The molecule has 1 saturated heterocycles. The first-order valence-electron chi connectivity index (χ1n) is 8.09. The topological polar surface area (TPSA) is 56.1 Å². The molecule has 1 saturated carbocycles. The van der Waals surface area contributed by atoms with E-state index < -0.39 is 35.1 Å². The number of alkyl halides is 3. The van der Waals surface area contributed by atoms with Crippen LogP contribution in [0.15, 0.2) is 22.7 Å². The molecule has 4 unspecified atom stereocenters. The van der Waals surface area contributed by atoms with E-state index in [0.717, 1.165) is 4.48 Å². The van der Waals surface area contributed by atoms with Gasteiger partial charge in [0.1, 0.15) is 17.4 Å². The third-order valence-corrected chi connectivity index (χ3v) is 5.78. The highest BCUT2D eigenvalue weighted by Crippen LogP contribution is 2.48. The first-order chi connectivity index (χ1) is 11.5. The van der Waals surface area contributed by atoms with Crippen LogP contribution in [0.3, 0.4) is 0 Å². The van der Waals surface area contributed by atoms with E-state index in [1.165, 1.54) is 5.01 Å². The minimum atomic E-state index is -4.56. The largest absolute Gasteiger partial charge is 0.405 e. The van der Waals surface area contributed by atoms with E-state index in [1.54, 1.807) is 18.2 Å². The summed E-state index contributed by atoms with van der Waals surface area (Å²) in [6, 6.07) is -0.466. The van der Waals surface area contributed by atoms with E-state index in [1.807, 2.05) is 13.8 Å². The van der Waals surface area contributed by atoms with E-state index in [-0.39, 0.29) is 18.6 Å². The van der Waals surface area contributed by atoms with Crippen molar-refractivity contribution in [2.45, 2.75) is 56.9 Å². The Hall–Kier alpha value is -1.17. The maximum absolute atomic E-state index is 13.6. The zero-order valence-corrected chi connectivity index (χ0v) is 15.5. The van der Waals surface area contributed by atoms with Crippen molar-refractivity contribution in [1.29, 1.82) is 5.26 Å². The lowest BCUT2D eigenvalue weighted by Gasteiger charge is -2.44. The zero-order chi connectivity index (χ0) is 18.6. The van der Waals surface area contributed by atoms with Crippen LogP contribution in [0.1, 0.15) is 33.1 Å². The average molecular weight is 418 g/mol. The van der Waals surface area contributed by atoms with Gasteiger partial charge < -0.3 is 0 Å². The Bertz CT molecular complexity index is 694. The van der Waals surface area contributed by atoms with Crippen molar-refractivity contribution in [3.8, 4) is 6.07 Å². The number of carbonyl (C=O) groups excluding carboxylic acids is 1. The van der Waals surface area contributed by atoms with Gasteiger partial charge in [0.2, 0.25) is 0 Å². The van der Waals surface area contributed by atoms with E-state index >= 15 is 0 Å². The maximum atomic E-state index is 13.6. The highest BCUT2D eigenvalue weighted by Gasteiger charge is 2.63. The number of hydrazine groups is 1. The molecule has 4 nitrogen and oxygen atoms in total. The molecule has 4 atom stereocenters. The van der Waals surface area contributed by atoms with Gasteiger partial charge in [-0.3, -0.25) is 4.79 Å². The summed E-state index contributed by atoms with van der Waals surface area (Å²) in [5.41, 5.74) is 0.827. The second-order valence-electron chi connectivity index (χ2n) is 7.81. The monoisotopic (exact) mass is 417 g/mol. The quantitative estimate of drug-likeness (QED) is 0.707. The number of nitrogens with zero attached hydrogens (tertiary/aromatic N) is 2. The lowest BCUT2D eigenvalue weighted by atomic mass is 9.67. The van der Waals surface area contributed by atoms with Crippen LogP contribution in [-0.2, 0) is 4.79 Å². The fourth-order valence-electron chi connectivity index (χ4n) is 4.23. The molecular formula is C17H19BrF3N3O. The van der Waals surface area contributed by atoms with Crippen molar-refractivity contribution in [2.75, 3.05) is 0 Å². The Balaban J connectivity index is 2.05. The van der Waals surface area contributed by atoms with Crippen LogP contribution in [-0.4, -0.2) is 34.6 Å². The summed E-state index contributed by atoms with van der Waals surface area (Å²) in [5, 5.41) is 11.2. The fraction of sp³-hybridized carbons (Fsp3) is 0.647. The van der Waals surface area contributed by atoms with Crippen molar-refractivity contribution in [2.24, 2.45) is 11.3 Å². The van der Waals surface area contributed by atoms with E-state index in [0.29, 0.717) is 6.42 Å². The molecule has 0 spiro atoms. The van der Waals surface area contributed by atoms with Gasteiger partial charge in [0.05, 0.1) is 12.0 Å². The molecule has 0 aromatic carbocycles. The number of fused-ring (bicyclic) bond motifs is 1. The number of hydrogen-bond acceptors (Lipinski definition) is 4. The minimum Gasteiger partial charge on any atom is -0.299 e. The number of Topliss-reactive ketones (excluding diaryl/α,β-unsaturated/α-hetero) is 1. The van der Waals surface area contributed by atoms with Crippen LogP contribution in [0.25, 0.3) is 0 Å². The number of ketones is 1. The summed E-state index contributed by atoms with van der Waals surface area (Å²) in [4.78, 5) is 12.5. The molecule has 1 N–H and O–H groups in total. The Labute approximate surface area is 152 Å². The molecule has 136 valence electrons. The summed E-state index contributed by atoms with van der Waals surface area (Å²) >= 11 is 3.34. The average Bonchev–Trinajstić information content (AvgIpc) is 2.86. The third kappa shape index (κ3) is 3.18. The van der Waals surface area contributed by atoms with Crippen molar-refractivity contribution in [3.63, 3.8) is 0 Å². The lowest BCUT2D eigenvalue weighted by Crippen LogP contribution is -2.57. The van der Waals surface area contributed by atoms with Crippen LogP contribution in [0.2, 0.25) is 0 Å². The molecule has 0 aromatic rings. The molecule has 0 aromatic heterocycles. The number of carbonyl (C=O) groups is 1. The number of halogens is 4. The number of hydrogen-bond donors (Lipinski definition) is 1. The van der Waals surface area contributed by atoms with Crippen molar-refractivity contribution in [3.05, 3.63) is 22.7 Å². The summed E-state index contributed by atoms with van der Waals surface area (Å²) < 4.78 is 41.5. The molecule has 3 rings (SSSR count). The lowest BCUT2D eigenvalue weighted by molar-refractivity contribution is -0.170. The van der Waals surface area contributed by atoms with Gasteiger partial charge in [0.15, 0.2) is 0 Å². The van der Waals surface area contributed by atoms with Crippen LogP contribution < -0.4 is 5.43 Å². The second kappa shape index (κ2) is 5.93. The Kier molecular flexibility index (Phi) is 4.42. The standard InChI is InChI=1S/C17H19BrF3N3O/c1-15(2)7-11-13(12(25)8-15)14(17(19,20)21)23-24(11)16(9-22)5-3-4-10(18)6-16/h3-5,11,13-14,23H,6-8H2,1-2H3. The first kappa shape index (κ1) is 18.6. The Morgan fingerprint density at radius 1 is 1.40 bits per heavy atom. The molecule has 1 aliphatic heterocycles. The van der Waals surface area contributed by atoms with Crippen molar-refractivity contribution < 1.29 is 18.0 Å². The van der Waals surface area contributed by atoms with E-state index in [2.05, 4.69) is 27.4 Å². The maximum Gasteiger partial charge on any atom is 0.405 e. The van der Waals surface area contributed by atoms with Crippen LogP contribution in [0, 0.1) is 22.7 Å². The first-order valence-corrected chi connectivity index (χ1v) is 8.88. The van der Waals surface area contributed by atoms with Crippen LogP contribution in [0.4, 0.5) is 13.2 Å². The minimum absolute atomic E-state index is 0.120. The fourth-order valence-corrected chi connectivity index (χ4v) is 4.81. The van der Waals surface area contributed by atoms with E-state index in [4.69, 9.17) is 0 Å². The molecule has 0 bridgehead atoms.